The van der Waals surface area contributed by atoms with Crippen LogP contribution in [0.15, 0.2) is 12.5 Å². The summed E-state index contributed by atoms with van der Waals surface area (Å²) in [7, 11) is 2.11. The lowest BCUT2D eigenvalue weighted by Crippen LogP contribution is -2.36. The van der Waals surface area contributed by atoms with Crippen molar-refractivity contribution in [2.45, 2.75) is 31.8 Å². The number of imidazole rings is 1. The zero-order valence-electron chi connectivity index (χ0n) is 14.9. The van der Waals surface area contributed by atoms with Crippen molar-refractivity contribution in [2.75, 3.05) is 39.4 Å². The van der Waals surface area contributed by atoms with Gasteiger partial charge < -0.3 is 14.3 Å². The van der Waals surface area contributed by atoms with Crippen molar-refractivity contribution in [2.24, 2.45) is 7.05 Å². The monoisotopic (exact) mass is 345 g/mol. The van der Waals surface area contributed by atoms with E-state index in [0.29, 0.717) is 5.92 Å². The fraction of sp³-hybridized carbons (Fsp3) is 0.706. The smallest absolute Gasteiger partial charge is 0.146 e. The Morgan fingerprint density at radius 2 is 2.04 bits per heavy atom. The number of aromatic nitrogens is 5. The molecule has 0 radical (unpaired) electrons. The molecule has 2 saturated heterocycles. The SMILES string of the molecule is Cn1c(CN2CCOCC2)nnc1[C@H]1CCCN(Cc2cnc[nH]2)C1. The minimum atomic E-state index is 0.451. The third-order valence-corrected chi connectivity index (χ3v) is 5.29. The van der Waals surface area contributed by atoms with E-state index in [4.69, 9.17) is 4.74 Å². The van der Waals surface area contributed by atoms with E-state index in [-0.39, 0.29) is 0 Å². The molecule has 136 valence electrons. The number of nitrogens with zero attached hydrogens (tertiary/aromatic N) is 6. The number of nitrogens with one attached hydrogen (secondary N) is 1. The molecular formula is C17H27N7O. The standard InChI is InChI=1S/C17H27N7O/c1-22-16(12-23-5-7-25-8-6-23)20-21-17(22)14-3-2-4-24(10-14)11-15-9-18-13-19-15/h9,13-14H,2-8,10-12H2,1H3,(H,18,19)/t14-/m0/s1. The van der Waals surface area contributed by atoms with E-state index in [1.807, 2.05) is 6.20 Å². The molecule has 2 aliphatic heterocycles. The Morgan fingerprint density at radius 1 is 1.16 bits per heavy atom. The Hall–Kier alpha value is -1.77. The second-order valence-corrected chi connectivity index (χ2v) is 7.07. The molecule has 25 heavy (non-hydrogen) atoms. The minimum Gasteiger partial charge on any atom is -0.379 e. The van der Waals surface area contributed by atoms with Gasteiger partial charge in [0.15, 0.2) is 0 Å². The first-order valence-electron chi connectivity index (χ1n) is 9.17. The van der Waals surface area contributed by atoms with Crippen LogP contribution in [0.1, 0.15) is 36.1 Å². The number of rotatable bonds is 5. The Bertz CT molecular complexity index is 663. The molecule has 2 aliphatic rings. The first-order chi connectivity index (χ1) is 12.3. The number of piperidine rings is 1. The molecule has 8 nitrogen and oxygen atoms in total. The molecule has 0 bridgehead atoms. The molecule has 0 aliphatic carbocycles. The predicted molar refractivity (Wildman–Crippen MR) is 92.9 cm³/mol. The largest absolute Gasteiger partial charge is 0.379 e. The Balaban J connectivity index is 1.40. The van der Waals surface area contributed by atoms with Gasteiger partial charge in [0.25, 0.3) is 0 Å². The van der Waals surface area contributed by atoms with Crippen LogP contribution in [0.4, 0.5) is 0 Å². The van der Waals surface area contributed by atoms with E-state index in [1.54, 1.807) is 6.33 Å². The van der Waals surface area contributed by atoms with Gasteiger partial charge in [-0.2, -0.15) is 0 Å². The second kappa shape index (κ2) is 7.63. The summed E-state index contributed by atoms with van der Waals surface area (Å²) in [5.74, 6) is 2.63. The summed E-state index contributed by atoms with van der Waals surface area (Å²) in [6, 6.07) is 0. The summed E-state index contributed by atoms with van der Waals surface area (Å²) in [6.45, 7) is 7.53. The van der Waals surface area contributed by atoms with Crippen molar-refractivity contribution >= 4 is 0 Å². The Morgan fingerprint density at radius 3 is 2.84 bits per heavy atom. The molecule has 8 heteroatoms. The lowest BCUT2D eigenvalue weighted by atomic mass is 9.97. The van der Waals surface area contributed by atoms with Crippen LogP contribution in [-0.2, 0) is 24.9 Å². The highest BCUT2D eigenvalue weighted by Gasteiger charge is 2.26. The third-order valence-electron chi connectivity index (χ3n) is 5.29. The van der Waals surface area contributed by atoms with Crippen LogP contribution in [0.3, 0.4) is 0 Å². The summed E-state index contributed by atoms with van der Waals surface area (Å²) in [5.41, 5.74) is 1.17. The van der Waals surface area contributed by atoms with Gasteiger partial charge in [-0.1, -0.05) is 0 Å². The minimum absolute atomic E-state index is 0.451. The molecule has 0 unspecified atom stereocenters. The van der Waals surface area contributed by atoms with Crippen LogP contribution in [0, 0.1) is 0 Å². The van der Waals surface area contributed by atoms with E-state index < -0.39 is 0 Å². The highest BCUT2D eigenvalue weighted by atomic mass is 16.5. The summed E-state index contributed by atoms with van der Waals surface area (Å²) < 4.78 is 7.63. The van der Waals surface area contributed by atoms with Gasteiger partial charge in [0.1, 0.15) is 11.6 Å². The number of ether oxygens (including phenoxy) is 1. The van der Waals surface area contributed by atoms with Gasteiger partial charge in [-0.3, -0.25) is 9.80 Å². The van der Waals surface area contributed by atoms with Crippen LogP contribution in [0.2, 0.25) is 0 Å². The number of aromatic amines is 1. The Labute approximate surface area is 148 Å². The molecule has 0 amide bonds. The van der Waals surface area contributed by atoms with Crippen LogP contribution >= 0.6 is 0 Å². The van der Waals surface area contributed by atoms with E-state index in [0.717, 1.165) is 64.1 Å². The maximum Gasteiger partial charge on any atom is 0.146 e. The second-order valence-electron chi connectivity index (χ2n) is 7.07. The van der Waals surface area contributed by atoms with Crippen molar-refractivity contribution < 1.29 is 4.74 Å². The number of likely N-dealkylation sites (tertiary alicyclic amines) is 1. The molecule has 0 aromatic carbocycles. The van der Waals surface area contributed by atoms with Crippen LogP contribution < -0.4 is 0 Å². The molecule has 2 fully saturated rings. The summed E-state index contributed by atoms with van der Waals surface area (Å²) in [4.78, 5) is 12.2. The first kappa shape index (κ1) is 16.7. The molecular weight excluding hydrogens is 318 g/mol. The van der Waals surface area contributed by atoms with Crippen LogP contribution in [0.5, 0.6) is 0 Å². The maximum atomic E-state index is 5.43. The fourth-order valence-corrected chi connectivity index (χ4v) is 3.85. The van der Waals surface area contributed by atoms with Gasteiger partial charge in [0.05, 0.1) is 26.1 Å². The number of hydrogen-bond donors (Lipinski definition) is 1. The van der Waals surface area contributed by atoms with E-state index in [1.165, 1.54) is 18.5 Å². The van der Waals surface area contributed by atoms with Crippen molar-refractivity contribution in [1.82, 2.24) is 34.5 Å². The third kappa shape index (κ3) is 3.91. The fourth-order valence-electron chi connectivity index (χ4n) is 3.85. The average molecular weight is 345 g/mol. The highest BCUT2D eigenvalue weighted by molar-refractivity contribution is 5.05. The summed E-state index contributed by atoms with van der Waals surface area (Å²) in [6.07, 6.45) is 6.04. The number of morpholine rings is 1. The van der Waals surface area contributed by atoms with Crippen LogP contribution in [-0.4, -0.2) is 73.9 Å². The molecule has 1 N–H and O–H groups in total. The molecule has 2 aromatic rings. The van der Waals surface area contributed by atoms with E-state index in [2.05, 4.69) is 41.6 Å². The summed E-state index contributed by atoms with van der Waals surface area (Å²) in [5, 5.41) is 9.03. The molecule has 1 atom stereocenters. The zero-order valence-corrected chi connectivity index (χ0v) is 14.9. The molecule has 4 rings (SSSR count). The van der Waals surface area contributed by atoms with Gasteiger partial charge in [0, 0.05) is 51.0 Å². The average Bonchev–Trinajstić information content (AvgIpc) is 3.27. The quantitative estimate of drug-likeness (QED) is 0.862. The van der Waals surface area contributed by atoms with Gasteiger partial charge >= 0.3 is 0 Å². The van der Waals surface area contributed by atoms with Crippen molar-refractivity contribution in [3.8, 4) is 0 Å². The van der Waals surface area contributed by atoms with Gasteiger partial charge in [-0.15, -0.1) is 10.2 Å². The van der Waals surface area contributed by atoms with Gasteiger partial charge in [-0.25, -0.2) is 4.98 Å². The maximum absolute atomic E-state index is 5.43. The lowest BCUT2D eigenvalue weighted by Gasteiger charge is -2.32. The van der Waals surface area contributed by atoms with E-state index >= 15 is 0 Å². The molecule has 4 heterocycles. The molecule has 2 aromatic heterocycles. The normalized spacial score (nSPS) is 23.2. The van der Waals surface area contributed by atoms with E-state index in [9.17, 15) is 0 Å². The predicted octanol–water partition coefficient (Wildman–Crippen LogP) is 0.750. The van der Waals surface area contributed by atoms with Crippen LogP contribution in [0.25, 0.3) is 0 Å². The lowest BCUT2D eigenvalue weighted by molar-refractivity contribution is 0.0326. The van der Waals surface area contributed by atoms with Crippen molar-refractivity contribution in [1.29, 1.82) is 0 Å². The highest BCUT2D eigenvalue weighted by Crippen LogP contribution is 2.26. The number of hydrogen-bond acceptors (Lipinski definition) is 6. The van der Waals surface area contributed by atoms with Crippen molar-refractivity contribution in [3.05, 3.63) is 29.9 Å². The van der Waals surface area contributed by atoms with Gasteiger partial charge in [0.2, 0.25) is 0 Å². The molecule has 0 spiro atoms. The van der Waals surface area contributed by atoms with Crippen molar-refractivity contribution in [3.63, 3.8) is 0 Å². The topological polar surface area (TPSA) is 75.1 Å². The Kier molecular flexibility index (Phi) is 5.09. The van der Waals surface area contributed by atoms with Gasteiger partial charge in [-0.05, 0) is 19.4 Å². The first-order valence-corrected chi connectivity index (χ1v) is 9.17. The molecule has 0 saturated carbocycles. The zero-order chi connectivity index (χ0) is 17.1. The summed E-state index contributed by atoms with van der Waals surface area (Å²) >= 11 is 0. The number of H-pyrrole nitrogens is 1.